The first kappa shape index (κ1) is 29.2. The third kappa shape index (κ3) is 9.14. The van der Waals surface area contributed by atoms with Crippen molar-refractivity contribution in [1.82, 2.24) is 10.6 Å². The Hall–Kier alpha value is -2.08. The average molecular weight is 507 g/mol. The zero-order chi connectivity index (χ0) is 26.3. The summed E-state index contributed by atoms with van der Waals surface area (Å²) in [4.78, 5) is 38.4. The predicted octanol–water partition coefficient (Wildman–Crippen LogP) is 6.47. The number of halogens is 1. The topological polar surface area (TPSA) is 84.5 Å². The van der Waals surface area contributed by atoms with Gasteiger partial charge >= 0.3 is 6.09 Å². The van der Waals surface area contributed by atoms with Gasteiger partial charge in [-0.1, -0.05) is 57.0 Å². The van der Waals surface area contributed by atoms with E-state index in [1.807, 2.05) is 18.2 Å². The SMILES string of the molecule is CC(C)[C@@H]1CC[C@@H](C)C[C@H]1C(=O)CC[C@@H](NC(=O)[C@H](C)NC(=O)OC(C)(C)C)c1ccccc1Cl. The second-order valence-electron chi connectivity index (χ2n) is 11.4. The summed E-state index contributed by atoms with van der Waals surface area (Å²) in [5.41, 5.74) is 0.0998. The van der Waals surface area contributed by atoms with E-state index in [2.05, 4.69) is 31.4 Å². The minimum absolute atomic E-state index is 0.0640. The van der Waals surface area contributed by atoms with Gasteiger partial charge in [-0.25, -0.2) is 4.79 Å². The van der Waals surface area contributed by atoms with Crippen LogP contribution in [0.25, 0.3) is 0 Å². The molecule has 0 unspecified atom stereocenters. The highest BCUT2D eigenvalue weighted by molar-refractivity contribution is 6.31. The molecule has 1 aromatic rings. The minimum atomic E-state index is -0.810. The molecule has 1 aliphatic carbocycles. The van der Waals surface area contributed by atoms with Crippen molar-refractivity contribution in [3.05, 3.63) is 34.9 Å². The number of hydrogen-bond donors (Lipinski definition) is 2. The third-order valence-corrected chi connectivity index (χ3v) is 7.18. The molecule has 1 aliphatic rings. The van der Waals surface area contributed by atoms with Gasteiger partial charge in [0.05, 0.1) is 6.04 Å². The largest absolute Gasteiger partial charge is 0.444 e. The highest BCUT2D eigenvalue weighted by Crippen LogP contribution is 2.39. The molecule has 0 aliphatic heterocycles. The molecule has 2 rings (SSSR count). The van der Waals surface area contributed by atoms with Gasteiger partial charge in [0, 0.05) is 17.4 Å². The van der Waals surface area contributed by atoms with E-state index in [1.54, 1.807) is 33.8 Å². The Morgan fingerprint density at radius 1 is 1.09 bits per heavy atom. The lowest BCUT2D eigenvalue weighted by molar-refractivity contribution is -0.128. The first-order chi connectivity index (χ1) is 16.3. The van der Waals surface area contributed by atoms with Gasteiger partial charge < -0.3 is 15.4 Å². The molecule has 35 heavy (non-hydrogen) atoms. The smallest absolute Gasteiger partial charge is 0.408 e. The van der Waals surface area contributed by atoms with Crippen LogP contribution in [0.1, 0.15) is 92.2 Å². The first-order valence-electron chi connectivity index (χ1n) is 12.9. The van der Waals surface area contributed by atoms with Gasteiger partial charge in [-0.2, -0.15) is 0 Å². The van der Waals surface area contributed by atoms with Crippen LogP contribution in [0.5, 0.6) is 0 Å². The maximum absolute atomic E-state index is 13.4. The maximum Gasteiger partial charge on any atom is 0.408 e. The average Bonchev–Trinajstić information content (AvgIpc) is 2.75. The number of hydrogen-bond acceptors (Lipinski definition) is 4. The van der Waals surface area contributed by atoms with Crippen LogP contribution in [0, 0.1) is 23.7 Å². The molecule has 196 valence electrons. The summed E-state index contributed by atoms with van der Waals surface area (Å²) in [5, 5.41) is 6.10. The lowest BCUT2D eigenvalue weighted by atomic mass is 9.68. The van der Waals surface area contributed by atoms with Crippen molar-refractivity contribution in [2.75, 3.05) is 0 Å². The summed E-state index contributed by atoms with van der Waals surface area (Å²) in [6, 6.07) is 6.08. The van der Waals surface area contributed by atoms with E-state index in [1.165, 1.54) is 6.42 Å². The maximum atomic E-state index is 13.4. The molecule has 0 aromatic heterocycles. The second-order valence-corrected chi connectivity index (χ2v) is 11.8. The molecule has 0 saturated heterocycles. The van der Waals surface area contributed by atoms with E-state index < -0.39 is 23.8 Å². The lowest BCUT2D eigenvalue weighted by Gasteiger charge is -2.36. The van der Waals surface area contributed by atoms with Crippen molar-refractivity contribution < 1.29 is 19.1 Å². The van der Waals surface area contributed by atoms with E-state index >= 15 is 0 Å². The Kier molecular flexibility index (Phi) is 10.6. The fraction of sp³-hybridized carbons (Fsp3) is 0.679. The molecule has 0 bridgehead atoms. The van der Waals surface area contributed by atoms with E-state index in [4.69, 9.17) is 16.3 Å². The van der Waals surface area contributed by atoms with Crippen LogP contribution >= 0.6 is 11.6 Å². The Balaban J connectivity index is 2.11. The van der Waals surface area contributed by atoms with Crippen LogP contribution in [-0.4, -0.2) is 29.4 Å². The molecule has 7 heteroatoms. The molecule has 1 aromatic carbocycles. The monoisotopic (exact) mass is 506 g/mol. The standard InChI is InChI=1S/C28H43ClN2O4/c1-17(2)20-13-12-18(3)16-22(20)25(32)15-14-24(21-10-8-9-11-23(21)29)31-26(33)19(4)30-27(34)35-28(5,6)7/h8-11,17-20,22,24H,12-16H2,1-7H3,(H,30,34)(H,31,33)/t18-,19+,20+,22-,24-/m1/s1. The Labute approximate surface area is 215 Å². The highest BCUT2D eigenvalue weighted by atomic mass is 35.5. The van der Waals surface area contributed by atoms with E-state index in [-0.39, 0.29) is 17.6 Å². The molecule has 6 nitrogen and oxygen atoms in total. The Morgan fingerprint density at radius 2 is 1.74 bits per heavy atom. The second kappa shape index (κ2) is 12.8. The number of nitrogens with one attached hydrogen (secondary N) is 2. The first-order valence-corrected chi connectivity index (χ1v) is 13.2. The van der Waals surface area contributed by atoms with Crippen LogP contribution in [0.3, 0.4) is 0 Å². The Morgan fingerprint density at radius 3 is 2.34 bits per heavy atom. The molecule has 1 fully saturated rings. The summed E-state index contributed by atoms with van der Waals surface area (Å²) in [7, 11) is 0. The van der Waals surface area contributed by atoms with Gasteiger partial charge in [-0.3, -0.25) is 9.59 Å². The predicted molar refractivity (Wildman–Crippen MR) is 140 cm³/mol. The molecule has 5 atom stereocenters. The summed E-state index contributed by atoms with van der Waals surface area (Å²) in [6.45, 7) is 13.5. The number of amides is 2. The van der Waals surface area contributed by atoms with Crippen molar-refractivity contribution in [1.29, 1.82) is 0 Å². The number of rotatable bonds is 9. The molecular weight excluding hydrogens is 464 g/mol. The number of carbonyl (C=O) groups excluding carboxylic acids is 3. The van der Waals surface area contributed by atoms with Gasteiger partial charge in [0.25, 0.3) is 0 Å². The quantitative estimate of drug-likeness (QED) is 0.402. The number of ether oxygens (including phenoxy) is 1. The van der Waals surface area contributed by atoms with Gasteiger partial charge in [0.1, 0.15) is 17.4 Å². The molecule has 0 radical (unpaired) electrons. The molecule has 1 saturated carbocycles. The van der Waals surface area contributed by atoms with Gasteiger partial charge in [-0.05, 0) is 76.3 Å². The van der Waals surface area contributed by atoms with Crippen molar-refractivity contribution in [2.24, 2.45) is 23.7 Å². The number of Topliss-reactive ketones (excluding diaryl/α,β-unsaturated/α-hetero) is 1. The highest BCUT2D eigenvalue weighted by Gasteiger charge is 2.35. The molecule has 0 heterocycles. The normalized spacial score (nSPS) is 22.3. The van der Waals surface area contributed by atoms with Crippen LogP contribution in [0.2, 0.25) is 5.02 Å². The zero-order valence-electron chi connectivity index (χ0n) is 22.3. The summed E-state index contributed by atoms with van der Waals surface area (Å²) in [5.74, 6) is 1.40. The van der Waals surface area contributed by atoms with Gasteiger partial charge in [0.15, 0.2) is 0 Å². The molecule has 2 N–H and O–H groups in total. The van der Waals surface area contributed by atoms with E-state index in [0.29, 0.717) is 35.6 Å². The van der Waals surface area contributed by atoms with Crippen LogP contribution in [0.4, 0.5) is 4.79 Å². The number of benzene rings is 1. The van der Waals surface area contributed by atoms with E-state index in [9.17, 15) is 14.4 Å². The molecule has 0 spiro atoms. The number of alkyl carbamates (subject to hydrolysis) is 1. The van der Waals surface area contributed by atoms with Crippen LogP contribution in [0.15, 0.2) is 24.3 Å². The summed E-state index contributed by atoms with van der Waals surface area (Å²) >= 11 is 6.46. The Bertz CT molecular complexity index is 880. The molecule has 2 amide bonds. The fourth-order valence-electron chi connectivity index (χ4n) is 4.95. The zero-order valence-corrected chi connectivity index (χ0v) is 23.1. The number of carbonyl (C=O) groups is 3. The van der Waals surface area contributed by atoms with Crippen molar-refractivity contribution in [3.63, 3.8) is 0 Å². The molecular formula is C28H43ClN2O4. The fourth-order valence-corrected chi connectivity index (χ4v) is 5.22. The van der Waals surface area contributed by atoms with Crippen molar-refractivity contribution >= 4 is 29.4 Å². The number of ketones is 1. The van der Waals surface area contributed by atoms with Crippen LogP contribution < -0.4 is 10.6 Å². The minimum Gasteiger partial charge on any atom is -0.444 e. The van der Waals surface area contributed by atoms with Gasteiger partial charge in [-0.15, -0.1) is 0 Å². The van der Waals surface area contributed by atoms with E-state index in [0.717, 1.165) is 18.4 Å². The van der Waals surface area contributed by atoms with Gasteiger partial charge in [0.2, 0.25) is 5.91 Å². The lowest BCUT2D eigenvalue weighted by Crippen LogP contribution is -2.47. The van der Waals surface area contributed by atoms with Crippen LogP contribution in [-0.2, 0) is 14.3 Å². The third-order valence-electron chi connectivity index (χ3n) is 6.84. The summed E-state index contributed by atoms with van der Waals surface area (Å²) in [6.07, 6.45) is 3.35. The van der Waals surface area contributed by atoms with Crippen molar-refractivity contribution in [2.45, 2.75) is 98.3 Å². The van der Waals surface area contributed by atoms with Crippen molar-refractivity contribution in [3.8, 4) is 0 Å². The summed E-state index contributed by atoms with van der Waals surface area (Å²) < 4.78 is 5.26.